The number of hydrogen-bond donors (Lipinski definition) is 2. The van der Waals surface area contributed by atoms with Gasteiger partial charge in [0.05, 0.1) is 13.2 Å². The monoisotopic (exact) mass is 495 g/mol. The fourth-order valence-electron chi connectivity index (χ4n) is 3.14. The van der Waals surface area contributed by atoms with E-state index in [0.29, 0.717) is 12.8 Å². The number of esters is 2. The molecule has 3 N–H and O–H groups in total. The van der Waals surface area contributed by atoms with Crippen molar-refractivity contribution in [2.24, 2.45) is 5.73 Å². The van der Waals surface area contributed by atoms with E-state index in [2.05, 4.69) is 11.4 Å². The summed E-state index contributed by atoms with van der Waals surface area (Å²) in [4.78, 5) is 33.4. The van der Waals surface area contributed by atoms with Crippen molar-refractivity contribution in [3.63, 3.8) is 0 Å². The van der Waals surface area contributed by atoms with Gasteiger partial charge in [-0.05, 0) is 12.8 Å². The van der Waals surface area contributed by atoms with Crippen LogP contribution < -0.4 is 5.73 Å². The van der Waals surface area contributed by atoms with Crippen LogP contribution in [0.4, 0.5) is 0 Å². The Morgan fingerprint density at radius 1 is 0.788 bits per heavy atom. The van der Waals surface area contributed by atoms with E-state index in [1.165, 1.54) is 51.4 Å². The molecule has 0 saturated heterocycles. The van der Waals surface area contributed by atoms with Crippen molar-refractivity contribution in [2.45, 2.75) is 110 Å². The van der Waals surface area contributed by atoms with Crippen LogP contribution in [0.5, 0.6) is 0 Å². The number of phosphoric ester groups is 1. The Kier molecular flexibility index (Phi) is 20.9. The summed E-state index contributed by atoms with van der Waals surface area (Å²) in [5.41, 5.74) is 5.24. The summed E-state index contributed by atoms with van der Waals surface area (Å²) >= 11 is 0. The van der Waals surface area contributed by atoms with Crippen LogP contribution >= 0.6 is 7.82 Å². The van der Waals surface area contributed by atoms with E-state index in [4.69, 9.17) is 19.7 Å². The highest BCUT2D eigenvalue weighted by molar-refractivity contribution is 7.47. The topological polar surface area (TPSA) is 134 Å². The van der Waals surface area contributed by atoms with Gasteiger partial charge in [0, 0.05) is 19.4 Å². The van der Waals surface area contributed by atoms with Gasteiger partial charge >= 0.3 is 19.8 Å². The van der Waals surface area contributed by atoms with Crippen LogP contribution in [0, 0.1) is 0 Å². The molecule has 0 rings (SSSR count). The molecule has 0 aliphatic rings. The van der Waals surface area contributed by atoms with Crippen LogP contribution in [0.2, 0.25) is 0 Å². The fourth-order valence-corrected chi connectivity index (χ4v) is 3.90. The minimum Gasteiger partial charge on any atom is -0.462 e. The average molecular weight is 496 g/mol. The normalized spacial score (nSPS) is 13.9. The van der Waals surface area contributed by atoms with Gasteiger partial charge in [0.25, 0.3) is 0 Å². The lowest BCUT2D eigenvalue weighted by molar-refractivity contribution is -0.161. The number of carbonyl (C=O) groups excluding carboxylic acids is 2. The van der Waals surface area contributed by atoms with E-state index >= 15 is 0 Å². The van der Waals surface area contributed by atoms with Gasteiger partial charge in [0.2, 0.25) is 0 Å². The molecule has 196 valence electrons. The molecule has 0 amide bonds. The lowest BCUT2D eigenvalue weighted by Gasteiger charge is -2.19. The molecular weight excluding hydrogens is 449 g/mol. The Morgan fingerprint density at radius 2 is 1.36 bits per heavy atom. The first-order chi connectivity index (χ1) is 15.8. The summed E-state index contributed by atoms with van der Waals surface area (Å²) in [5.74, 6) is -0.891. The highest BCUT2D eigenvalue weighted by Crippen LogP contribution is 2.43. The van der Waals surface area contributed by atoms with Crippen molar-refractivity contribution in [3.05, 3.63) is 0 Å². The zero-order valence-corrected chi connectivity index (χ0v) is 21.5. The van der Waals surface area contributed by atoms with Crippen molar-refractivity contribution in [2.75, 3.05) is 26.4 Å². The highest BCUT2D eigenvalue weighted by Gasteiger charge is 2.25. The van der Waals surface area contributed by atoms with E-state index in [0.717, 1.165) is 12.8 Å². The number of hydrogen-bond acceptors (Lipinski definition) is 8. The lowest BCUT2D eigenvalue weighted by Crippen LogP contribution is -2.29. The summed E-state index contributed by atoms with van der Waals surface area (Å²) in [6.07, 6.45) is 13.0. The number of carbonyl (C=O) groups is 2. The van der Waals surface area contributed by atoms with E-state index in [1.54, 1.807) is 0 Å². The maximum Gasteiger partial charge on any atom is 0.472 e. The molecule has 1 unspecified atom stereocenters. The Balaban J connectivity index is 4.18. The standard InChI is InChI=1S/C23H46NO8P/c1-3-5-6-7-8-9-10-11-12-13-14-16-23(26)32-21(19-29-22(25)15-4-2)20-31-33(27,28)30-18-17-24/h21H,3-20,24H2,1-2H3,(H,27,28)/t21-/m1/s1. The predicted molar refractivity (Wildman–Crippen MR) is 128 cm³/mol. The molecule has 0 aromatic carbocycles. The van der Waals surface area contributed by atoms with E-state index in [1.807, 2.05) is 6.92 Å². The zero-order valence-electron chi connectivity index (χ0n) is 20.6. The quantitative estimate of drug-likeness (QED) is 0.114. The fraction of sp³-hybridized carbons (Fsp3) is 0.913. The number of rotatable bonds is 23. The molecule has 0 aliphatic heterocycles. The first kappa shape index (κ1) is 32.0. The van der Waals surface area contributed by atoms with Crippen LogP contribution in [0.3, 0.4) is 0 Å². The van der Waals surface area contributed by atoms with Crippen LogP contribution in [0.1, 0.15) is 104 Å². The Morgan fingerprint density at radius 3 is 1.91 bits per heavy atom. The second kappa shape index (κ2) is 21.5. The molecule has 33 heavy (non-hydrogen) atoms. The van der Waals surface area contributed by atoms with Crippen molar-refractivity contribution >= 4 is 19.8 Å². The molecule has 0 aromatic rings. The summed E-state index contributed by atoms with van der Waals surface area (Å²) in [7, 11) is -4.33. The number of phosphoric acid groups is 1. The van der Waals surface area contributed by atoms with Gasteiger partial charge in [0.1, 0.15) is 6.61 Å². The summed E-state index contributed by atoms with van der Waals surface area (Å²) in [6, 6.07) is 0. The summed E-state index contributed by atoms with van der Waals surface area (Å²) < 4.78 is 31.7. The molecule has 0 bridgehead atoms. The molecule has 0 spiro atoms. The Bertz CT molecular complexity index is 547. The molecule has 0 aromatic heterocycles. The van der Waals surface area contributed by atoms with Gasteiger partial charge in [0.15, 0.2) is 6.10 Å². The minimum atomic E-state index is -4.33. The zero-order chi connectivity index (χ0) is 24.8. The molecule has 10 heteroatoms. The van der Waals surface area contributed by atoms with E-state index in [-0.39, 0.29) is 32.6 Å². The maximum absolute atomic E-state index is 12.2. The second-order valence-electron chi connectivity index (χ2n) is 8.22. The maximum atomic E-state index is 12.2. The second-order valence-corrected chi connectivity index (χ2v) is 9.67. The predicted octanol–water partition coefficient (Wildman–Crippen LogP) is 5.03. The summed E-state index contributed by atoms with van der Waals surface area (Å²) in [6.45, 7) is 3.29. The third-order valence-corrected chi connectivity index (χ3v) is 5.95. The SMILES string of the molecule is CCCCCCCCCCCCCC(=O)O[C@H](COC(=O)CCC)COP(=O)(O)OCCN. The molecule has 0 heterocycles. The van der Waals surface area contributed by atoms with Gasteiger partial charge in [-0.1, -0.05) is 78.1 Å². The molecule has 0 fully saturated rings. The van der Waals surface area contributed by atoms with Crippen molar-refractivity contribution in [3.8, 4) is 0 Å². The Labute approximate surface area is 199 Å². The van der Waals surface area contributed by atoms with Crippen LogP contribution in [-0.4, -0.2) is 49.3 Å². The third kappa shape index (κ3) is 21.3. The van der Waals surface area contributed by atoms with Crippen LogP contribution in [0.25, 0.3) is 0 Å². The van der Waals surface area contributed by atoms with Gasteiger partial charge in [-0.25, -0.2) is 4.57 Å². The van der Waals surface area contributed by atoms with Crippen LogP contribution in [-0.2, 0) is 32.7 Å². The van der Waals surface area contributed by atoms with Gasteiger partial charge < -0.3 is 20.1 Å². The first-order valence-corrected chi connectivity index (χ1v) is 14.0. The number of nitrogens with two attached hydrogens (primary N) is 1. The van der Waals surface area contributed by atoms with Gasteiger partial charge in [-0.15, -0.1) is 0 Å². The Hall–Kier alpha value is -0.990. The lowest BCUT2D eigenvalue weighted by atomic mass is 10.1. The minimum absolute atomic E-state index is 0.0555. The molecule has 0 radical (unpaired) electrons. The van der Waals surface area contributed by atoms with Crippen molar-refractivity contribution in [1.29, 1.82) is 0 Å². The average Bonchev–Trinajstić information content (AvgIpc) is 2.78. The molecular formula is C23H46NO8P. The number of ether oxygens (including phenoxy) is 2. The van der Waals surface area contributed by atoms with Crippen LogP contribution in [0.15, 0.2) is 0 Å². The number of unbranched alkanes of at least 4 members (excludes halogenated alkanes) is 10. The largest absolute Gasteiger partial charge is 0.472 e. The molecule has 9 nitrogen and oxygen atoms in total. The molecule has 2 atom stereocenters. The van der Waals surface area contributed by atoms with Gasteiger partial charge in [-0.2, -0.15) is 0 Å². The smallest absolute Gasteiger partial charge is 0.462 e. The van der Waals surface area contributed by atoms with E-state index < -0.39 is 32.5 Å². The molecule has 0 aliphatic carbocycles. The van der Waals surface area contributed by atoms with Crippen molar-refractivity contribution < 1.29 is 37.6 Å². The van der Waals surface area contributed by atoms with Gasteiger partial charge in [-0.3, -0.25) is 18.6 Å². The van der Waals surface area contributed by atoms with Crippen molar-refractivity contribution in [1.82, 2.24) is 0 Å². The highest BCUT2D eigenvalue weighted by atomic mass is 31.2. The van der Waals surface area contributed by atoms with E-state index in [9.17, 15) is 19.0 Å². The summed E-state index contributed by atoms with van der Waals surface area (Å²) in [5, 5.41) is 0. The third-order valence-electron chi connectivity index (χ3n) is 4.96. The first-order valence-electron chi connectivity index (χ1n) is 12.5. The molecule has 0 saturated carbocycles.